The molecule has 0 fully saturated rings. The number of Topliss-reactive ketones (excluding diaryl/α,β-unsaturated/α-hetero) is 1. The van der Waals surface area contributed by atoms with Crippen LogP contribution in [0, 0.1) is 0 Å². The van der Waals surface area contributed by atoms with Crippen LogP contribution < -0.4 is 10.6 Å². The molecule has 2 N–H and O–H groups in total. The van der Waals surface area contributed by atoms with Crippen LogP contribution in [0.2, 0.25) is 0 Å². The van der Waals surface area contributed by atoms with E-state index in [4.69, 9.17) is 4.74 Å². The predicted octanol–water partition coefficient (Wildman–Crippen LogP) is -0.0587. The number of esters is 1. The van der Waals surface area contributed by atoms with E-state index in [1.54, 1.807) is 0 Å². The number of nitrogens with one attached hydrogen (secondary N) is 2. The molecule has 0 saturated carbocycles. The highest BCUT2D eigenvalue weighted by Gasteiger charge is 2.11. The first-order valence-corrected chi connectivity index (χ1v) is 6.69. The van der Waals surface area contributed by atoms with Crippen molar-refractivity contribution in [1.82, 2.24) is 10.6 Å². The van der Waals surface area contributed by atoms with Crippen molar-refractivity contribution in [3.05, 3.63) is 35.9 Å². The fraction of sp³-hybridized carbons (Fsp3) is 0.333. The van der Waals surface area contributed by atoms with Gasteiger partial charge >= 0.3 is 5.97 Å². The van der Waals surface area contributed by atoms with Crippen molar-refractivity contribution >= 4 is 23.6 Å². The Hall–Kier alpha value is -2.70. The van der Waals surface area contributed by atoms with Gasteiger partial charge in [-0.05, 0) is 12.5 Å². The number of hydrogen-bond donors (Lipinski definition) is 2. The van der Waals surface area contributed by atoms with Gasteiger partial charge in [-0.3, -0.25) is 19.2 Å². The van der Waals surface area contributed by atoms with Crippen LogP contribution in [0.25, 0.3) is 0 Å². The summed E-state index contributed by atoms with van der Waals surface area (Å²) in [6, 6.07) is 9.12. The second kappa shape index (κ2) is 9.28. The molecule has 0 aliphatic heterocycles. The fourth-order valence-electron chi connectivity index (χ4n) is 1.45. The number of rotatable bonds is 8. The molecule has 2 amide bonds. The Morgan fingerprint density at radius 1 is 0.955 bits per heavy atom. The van der Waals surface area contributed by atoms with Gasteiger partial charge in [0.2, 0.25) is 11.8 Å². The Morgan fingerprint density at radius 2 is 1.55 bits per heavy atom. The third-order valence-corrected chi connectivity index (χ3v) is 2.53. The normalized spacial score (nSPS) is 9.68. The summed E-state index contributed by atoms with van der Waals surface area (Å²) in [5.41, 5.74) is 0.839. The maximum Gasteiger partial charge on any atom is 0.325 e. The van der Waals surface area contributed by atoms with E-state index in [0.29, 0.717) is 0 Å². The monoisotopic (exact) mass is 306 g/mol. The molecule has 0 spiro atoms. The molecule has 0 aromatic heterocycles. The number of carbonyl (C=O) groups is 4. The van der Waals surface area contributed by atoms with Crippen molar-refractivity contribution < 1.29 is 23.9 Å². The van der Waals surface area contributed by atoms with Crippen molar-refractivity contribution in [3.63, 3.8) is 0 Å². The summed E-state index contributed by atoms with van der Waals surface area (Å²) >= 11 is 0. The molecule has 0 unspecified atom stereocenters. The lowest BCUT2D eigenvalue weighted by molar-refractivity contribution is -0.145. The van der Waals surface area contributed by atoms with E-state index in [9.17, 15) is 19.2 Å². The van der Waals surface area contributed by atoms with Crippen molar-refractivity contribution in [1.29, 1.82) is 0 Å². The summed E-state index contributed by atoms with van der Waals surface area (Å²) in [5.74, 6) is -2.00. The fourth-order valence-corrected chi connectivity index (χ4v) is 1.45. The second-order valence-electron chi connectivity index (χ2n) is 4.58. The van der Waals surface area contributed by atoms with E-state index in [1.807, 2.05) is 30.3 Å². The lowest BCUT2D eigenvalue weighted by atomic mass is 10.2. The predicted molar refractivity (Wildman–Crippen MR) is 77.6 cm³/mol. The average molecular weight is 306 g/mol. The zero-order valence-corrected chi connectivity index (χ0v) is 12.3. The molecule has 7 heteroatoms. The van der Waals surface area contributed by atoms with Gasteiger partial charge in [0.05, 0.1) is 6.54 Å². The maximum absolute atomic E-state index is 11.4. The largest absolute Gasteiger partial charge is 0.460 e. The van der Waals surface area contributed by atoms with Gasteiger partial charge in [0.25, 0.3) is 0 Å². The molecular weight excluding hydrogens is 288 g/mol. The van der Waals surface area contributed by atoms with Crippen LogP contribution in [0.15, 0.2) is 30.3 Å². The standard InChI is InChI=1S/C15H18N2O5/c1-11(18)8-16-13(19)7-14(20)17-9-15(21)22-10-12-5-3-2-4-6-12/h2-6H,7-10H2,1H3,(H,16,19)(H,17,20). The molecular formula is C15H18N2O5. The van der Waals surface area contributed by atoms with Crippen LogP contribution in [-0.4, -0.2) is 36.7 Å². The molecule has 0 radical (unpaired) electrons. The minimum Gasteiger partial charge on any atom is -0.460 e. The van der Waals surface area contributed by atoms with Gasteiger partial charge in [0.15, 0.2) is 0 Å². The number of carbonyl (C=O) groups excluding carboxylic acids is 4. The maximum atomic E-state index is 11.4. The lowest BCUT2D eigenvalue weighted by Crippen LogP contribution is -2.36. The molecule has 1 aromatic rings. The van der Waals surface area contributed by atoms with Gasteiger partial charge in [0, 0.05) is 0 Å². The molecule has 22 heavy (non-hydrogen) atoms. The Kier molecular flexibility index (Phi) is 7.32. The number of ether oxygens (including phenoxy) is 1. The molecule has 0 bridgehead atoms. The molecule has 7 nitrogen and oxygen atoms in total. The Morgan fingerprint density at radius 3 is 2.14 bits per heavy atom. The van der Waals surface area contributed by atoms with E-state index in [2.05, 4.69) is 10.6 Å². The van der Waals surface area contributed by atoms with Crippen molar-refractivity contribution in [2.75, 3.05) is 13.1 Å². The van der Waals surface area contributed by atoms with Crippen LogP contribution in [0.5, 0.6) is 0 Å². The first-order chi connectivity index (χ1) is 10.5. The topological polar surface area (TPSA) is 102 Å². The molecule has 0 heterocycles. The summed E-state index contributed by atoms with van der Waals surface area (Å²) in [6.07, 6.45) is -0.445. The molecule has 0 aliphatic rings. The Bertz CT molecular complexity index is 542. The van der Waals surface area contributed by atoms with Crippen molar-refractivity contribution in [2.45, 2.75) is 20.0 Å². The lowest BCUT2D eigenvalue weighted by Gasteiger charge is -2.07. The van der Waals surface area contributed by atoms with Crippen LogP contribution in [-0.2, 0) is 30.5 Å². The summed E-state index contributed by atoms with van der Waals surface area (Å²) in [6.45, 7) is 1.01. The van der Waals surface area contributed by atoms with Crippen LogP contribution in [0.3, 0.4) is 0 Å². The van der Waals surface area contributed by atoms with Crippen LogP contribution >= 0.6 is 0 Å². The van der Waals surface area contributed by atoms with Gasteiger partial charge < -0.3 is 15.4 Å². The quantitative estimate of drug-likeness (QED) is 0.517. The molecule has 1 rings (SSSR count). The van der Waals surface area contributed by atoms with Gasteiger partial charge in [-0.25, -0.2) is 0 Å². The minimum absolute atomic E-state index is 0.120. The SMILES string of the molecule is CC(=O)CNC(=O)CC(=O)NCC(=O)OCc1ccccc1. The van der Waals surface area contributed by atoms with Gasteiger partial charge in [-0.2, -0.15) is 0 Å². The number of ketones is 1. The highest BCUT2D eigenvalue weighted by atomic mass is 16.5. The first kappa shape index (κ1) is 17.4. The summed E-state index contributed by atoms with van der Waals surface area (Å²) in [7, 11) is 0. The number of hydrogen-bond acceptors (Lipinski definition) is 5. The second-order valence-corrected chi connectivity index (χ2v) is 4.58. The van der Waals surface area contributed by atoms with E-state index in [0.717, 1.165) is 5.56 Å². The summed E-state index contributed by atoms with van der Waals surface area (Å²) < 4.78 is 4.96. The smallest absolute Gasteiger partial charge is 0.325 e. The third kappa shape index (κ3) is 7.78. The van der Waals surface area contributed by atoms with Gasteiger partial charge in [-0.1, -0.05) is 30.3 Å². The van der Waals surface area contributed by atoms with Crippen molar-refractivity contribution in [3.8, 4) is 0 Å². The van der Waals surface area contributed by atoms with Gasteiger partial charge in [0.1, 0.15) is 25.4 Å². The summed E-state index contributed by atoms with van der Waals surface area (Å²) in [5, 5.41) is 4.56. The third-order valence-electron chi connectivity index (χ3n) is 2.53. The zero-order chi connectivity index (χ0) is 16.4. The van der Waals surface area contributed by atoms with E-state index in [1.165, 1.54) is 6.92 Å². The molecule has 0 atom stereocenters. The van der Waals surface area contributed by atoms with E-state index in [-0.39, 0.29) is 25.5 Å². The molecule has 0 aliphatic carbocycles. The van der Waals surface area contributed by atoms with E-state index >= 15 is 0 Å². The van der Waals surface area contributed by atoms with Crippen molar-refractivity contribution in [2.24, 2.45) is 0 Å². The van der Waals surface area contributed by atoms with E-state index < -0.39 is 24.2 Å². The number of benzene rings is 1. The zero-order valence-electron chi connectivity index (χ0n) is 12.3. The van der Waals surface area contributed by atoms with Gasteiger partial charge in [-0.15, -0.1) is 0 Å². The molecule has 0 saturated heterocycles. The Balaban J connectivity index is 2.19. The molecule has 1 aromatic carbocycles. The highest BCUT2D eigenvalue weighted by molar-refractivity contribution is 5.98. The first-order valence-electron chi connectivity index (χ1n) is 6.69. The summed E-state index contributed by atoms with van der Waals surface area (Å²) in [4.78, 5) is 44.8. The average Bonchev–Trinajstić information content (AvgIpc) is 2.50. The Labute approximate surface area is 128 Å². The van der Waals surface area contributed by atoms with Crippen LogP contribution in [0.4, 0.5) is 0 Å². The highest BCUT2D eigenvalue weighted by Crippen LogP contribution is 2.00. The number of amides is 2. The minimum atomic E-state index is -0.613. The van der Waals surface area contributed by atoms with Crippen LogP contribution in [0.1, 0.15) is 18.9 Å². The molecule has 118 valence electrons.